The largest absolute Gasteiger partial charge is 0.508 e. The van der Waals surface area contributed by atoms with E-state index in [4.69, 9.17) is 16.3 Å². The molecule has 18 heteroatoms. The van der Waals surface area contributed by atoms with Crippen LogP contribution in [0.4, 0.5) is 0 Å². The van der Waals surface area contributed by atoms with E-state index in [0.29, 0.717) is 23.5 Å². The summed E-state index contributed by atoms with van der Waals surface area (Å²) in [4.78, 5) is 113. The molecule has 0 unspecified atom stereocenters. The van der Waals surface area contributed by atoms with Crippen molar-refractivity contribution in [1.82, 2.24) is 31.2 Å². The average molecular weight is 849 g/mol. The highest BCUT2D eigenvalue weighted by Crippen LogP contribution is 2.22. The summed E-state index contributed by atoms with van der Waals surface area (Å²) < 4.78 is 0. The number of phenols is 1. The number of aromatic hydroxyl groups is 1. The van der Waals surface area contributed by atoms with Crippen molar-refractivity contribution in [3.63, 3.8) is 0 Å². The Morgan fingerprint density at radius 3 is 2.00 bits per heavy atom. The van der Waals surface area contributed by atoms with Crippen LogP contribution in [-0.4, -0.2) is 112 Å². The molecule has 2 heterocycles. The van der Waals surface area contributed by atoms with E-state index in [1.165, 1.54) is 17.0 Å². The minimum absolute atomic E-state index is 0.00678. The molecule has 0 bridgehead atoms. The van der Waals surface area contributed by atoms with Crippen LogP contribution < -0.4 is 32.7 Å². The van der Waals surface area contributed by atoms with E-state index in [0.717, 1.165) is 5.56 Å². The SMILES string of the molecule is CC(C)C[C@H](N)C(=O)N[C@H](Cc1ccccc1)C(=O)N1CCC[C@H]1C(=O)N[C@H](Cc1ccc(O)cc1)C(=O)N[C@H](C(=O)N[C@@H](CCCN)C(=O)ON1C(=O)CCC1=O)C(C)C. The molecule has 18 nitrogen and oxygen atoms in total. The zero-order valence-corrected chi connectivity index (χ0v) is 35.3. The molecular formula is C43H60N8O10. The van der Waals surface area contributed by atoms with Crippen molar-refractivity contribution < 1.29 is 48.3 Å². The highest BCUT2D eigenvalue weighted by atomic mass is 16.7. The molecule has 61 heavy (non-hydrogen) atoms. The number of likely N-dealkylation sites (tertiary alicyclic amines) is 1. The molecule has 4 rings (SSSR count). The Balaban J connectivity index is 1.54. The number of benzene rings is 2. The standard InChI is InChI=1S/C43H60N8O10/c1-25(2)22-30(45)38(55)48-33(24-27-10-6-5-7-11-27)42(59)50-21-9-13-34(50)40(57)47-32(23-28-14-16-29(52)17-15-28)39(56)49-37(26(3)4)41(58)46-31(12-8-20-44)43(60)61-51-35(53)18-19-36(51)54/h5-7,10-11,14-17,25-26,30-34,37,52H,8-9,12-13,18-24,44-45H2,1-4H3,(H,46,58)(H,47,57)(H,48,55)(H,49,56)/t30-,31-,32+,33+,34-,37-/m0/s1. The van der Waals surface area contributed by atoms with Crippen LogP contribution in [0.3, 0.4) is 0 Å². The molecule has 332 valence electrons. The van der Waals surface area contributed by atoms with Crippen LogP contribution in [0, 0.1) is 11.8 Å². The van der Waals surface area contributed by atoms with E-state index in [2.05, 4.69) is 21.3 Å². The molecule has 0 aliphatic carbocycles. The summed E-state index contributed by atoms with van der Waals surface area (Å²) >= 11 is 0. The molecule has 6 atom stereocenters. The first kappa shape index (κ1) is 47.8. The van der Waals surface area contributed by atoms with E-state index in [-0.39, 0.29) is 69.7 Å². The summed E-state index contributed by atoms with van der Waals surface area (Å²) in [6.45, 7) is 7.57. The predicted molar refractivity (Wildman–Crippen MR) is 222 cm³/mol. The Labute approximate surface area is 355 Å². The van der Waals surface area contributed by atoms with Gasteiger partial charge in [0.15, 0.2) is 0 Å². The fraction of sp³-hybridized carbons (Fsp3) is 0.535. The van der Waals surface area contributed by atoms with Crippen LogP contribution in [0.1, 0.15) is 83.8 Å². The minimum atomic E-state index is -1.32. The normalized spacial score (nSPS) is 17.7. The fourth-order valence-electron chi connectivity index (χ4n) is 7.22. The smallest absolute Gasteiger partial charge is 0.355 e. The summed E-state index contributed by atoms with van der Waals surface area (Å²) in [5, 5.41) is 21.2. The first-order chi connectivity index (χ1) is 29.0. The number of phenolic OH excluding ortho intramolecular Hbond substituents is 1. The van der Waals surface area contributed by atoms with E-state index >= 15 is 0 Å². The Hall–Kier alpha value is -5.88. The minimum Gasteiger partial charge on any atom is -0.508 e. The van der Waals surface area contributed by atoms with Crippen LogP contribution in [0.2, 0.25) is 0 Å². The van der Waals surface area contributed by atoms with Crippen molar-refractivity contribution in [2.45, 2.75) is 122 Å². The Morgan fingerprint density at radius 2 is 1.39 bits per heavy atom. The van der Waals surface area contributed by atoms with E-state index < -0.39 is 89.5 Å². The van der Waals surface area contributed by atoms with Gasteiger partial charge in [0.2, 0.25) is 29.5 Å². The van der Waals surface area contributed by atoms with Gasteiger partial charge in [0.05, 0.1) is 6.04 Å². The molecule has 2 fully saturated rings. The van der Waals surface area contributed by atoms with Crippen molar-refractivity contribution in [3.05, 3.63) is 65.7 Å². The lowest BCUT2D eigenvalue weighted by atomic mass is 9.99. The number of imide groups is 1. The first-order valence-electron chi connectivity index (χ1n) is 20.9. The van der Waals surface area contributed by atoms with Gasteiger partial charge in [-0.1, -0.05) is 70.2 Å². The number of amides is 7. The maximum Gasteiger partial charge on any atom is 0.355 e. The van der Waals surface area contributed by atoms with Crippen LogP contribution in [0.5, 0.6) is 5.75 Å². The number of hydrogen-bond acceptors (Lipinski definition) is 12. The van der Waals surface area contributed by atoms with Crippen LogP contribution in [0.25, 0.3) is 0 Å². The molecule has 7 amide bonds. The summed E-state index contributed by atoms with van der Waals surface area (Å²) in [5.74, 6) is -6.01. The third-order valence-corrected chi connectivity index (χ3v) is 10.5. The Kier molecular flexibility index (Phi) is 17.7. The van der Waals surface area contributed by atoms with Crippen molar-refractivity contribution >= 4 is 47.3 Å². The Bertz CT molecular complexity index is 1860. The second-order valence-electron chi connectivity index (χ2n) is 16.3. The lowest BCUT2D eigenvalue weighted by Gasteiger charge is -2.31. The molecule has 2 aliphatic heterocycles. The predicted octanol–water partition coefficient (Wildman–Crippen LogP) is 0.483. The summed E-state index contributed by atoms with van der Waals surface area (Å²) in [5.41, 5.74) is 13.2. The van der Waals surface area contributed by atoms with Crippen LogP contribution in [0.15, 0.2) is 54.6 Å². The van der Waals surface area contributed by atoms with E-state index in [9.17, 15) is 43.5 Å². The second kappa shape index (κ2) is 22.6. The van der Waals surface area contributed by atoms with Crippen molar-refractivity contribution in [2.24, 2.45) is 23.3 Å². The van der Waals surface area contributed by atoms with E-state index in [1.54, 1.807) is 26.0 Å². The molecule has 9 N–H and O–H groups in total. The molecule has 2 aliphatic rings. The topological polar surface area (TPSA) is 273 Å². The molecule has 2 saturated heterocycles. The molecule has 0 radical (unpaired) electrons. The summed E-state index contributed by atoms with van der Waals surface area (Å²) in [6, 6.07) is 8.37. The molecule has 2 aromatic carbocycles. The zero-order chi connectivity index (χ0) is 44.8. The lowest BCUT2D eigenvalue weighted by molar-refractivity contribution is -0.199. The van der Waals surface area contributed by atoms with E-state index in [1.807, 2.05) is 44.2 Å². The monoisotopic (exact) mass is 848 g/mol. The van der Waals surface area contributed by atoms with Gasteiger partial charge in [0, 0.05) is 32.2 Å². The van der Waals surface area contributed by atoms with Crippen molar-refractivity contribution in [1.29, 1.82) is 0 Å². The van der Waals surface area contributed by atoms with Gasteiger partial charge < -0.3 is 47.6 Å². The molecule has 2 aromatic rings. The zero-order valence-electron chi connectivity index (χ0n) is 35.3. The van der Waals surface area contributed by atoms with Gasteiger partial charge in [-0.25, -0.2) is 4.79 Å². The lowest BCUT2D eigenvalue weighted by Crippen LogP contribution is -2.60. The van der Waals surface area contributed by atoms with Crippen molar-refractivity contribution in [3.8, 4) is 5.75 Å². The quantitative estimate of drug-likeness (QED) is 0.0846. The van der Waals surface area contributed by atoms with Gasteiger partial charge in [0.25, 0.3) is 11.8 Å². The first-order valence-corrected chi connectivity index (χ1v) is 20.9. The number of hydrogen-bond donors (Lipinski definition) is 7. The van der Waals surface area contributed by atoms with Crippen LogP contribution >= 0.6 is 0 Å². The van der Waals surface area contributed by atoms with Gasteiger partial charge in [0.1, 0.15) is 36.0 Å². The number of nitrogens with zero attached hydrogens (tertiary/aromatic N) is 2. The van der Waals surface area contributed by atoms with Crippen molar-refractivity contribution in [2.75, 3.05) is 13.1 Å². The van der Waals surface area contributed by atoms with Gasteiger partial charge in [-0.3, -0.25) is 33.6 Å². The van der Waals surface area contributed by atoms with Gasteiger partial charge in [-0.05, 0) is 73.7 Å². The average Bonchev–Trinajstić information content (AvgIpc) is 3.84. The third kappa shape index (κ3) is 13.8. The molecule has 0 saturated carbocycles. The summed E-state index contributed by atoms with van der Waals surface area (Å²) in [6.07, 6.45) is 1.26. The maximum absolute atomic E-state index is 14.3. The number of nitrogens with one attached hydrogen (secondary N) is 4. The van der Waals surface area contributed by atoms with Gasteiger partial charge in [-0.15, -0.1) is 5.06 Å². The Morgan fingerprint density at radius 1 is 0.787 bits per heavy atom. The van der Waals surface area contributed by atoms with Gasteiger partial charge >= 0.3 is 5.97 Å². The summed E-state index contributed by atoms with van der Waals surface area (Å²) in [7, 11) is 0. The maximum atomic E-state index is 14.3. The van der Waals surface area contributed by atoms with Crippen LogP contribution in [-0.2, 0) is 56.0 Å². The molecular weight excluding hydrogens is 789 g/mol. The number of nitrogens with two attached hydrogens (primary N) is 2. The number of hydroxylamine groups is 2. The fourth-order valence-corrected chi connectivity index (χ4v) is 7.22. The second-order valence-corrected chi connectivity index (χ2v) is 16.3. The highest BCUT2D eigenvalue weighted by Gasteiger charge is 2.41. The number of carbonyl (C=O) groups is 8. The molecule has 0 spiro atoms. The highest BCUT2D eigenvalue weighted by molar-refractivity contribution is 6.02. The van der Waals surface area contributed by atoms with Gasteiger partial charge in [-0.2, -0.15) is 0 Å². The molecule has 0 aromatic heterocycles. The number of rotatable bonds is 21. The number of carbonyl (C=O) groups excluding carboxylic acids is 8. The third-order valence-electron chi connectivity index (χ3n) is 10.5.